The number of benzene rings is 1. The molecule has 0 saturated carbocycles. The second-order valence-corrected chi connectivity index (χ2v) is 8.97. The number of ether oxygens (including phenoxy) is 1. The highest BCUT2D eigenvalue weighted by atomic mass is 32.2. The number of piperidine rings is 1. The van der Waals surface area contributed by atoms with Gasteiger partial charge in [0.25, 0.3) is 10.0 Å². The molecule has 0 amide bonds. The third-order valence-electron chi connectivity index (χ3n) is 4.23. The van der Waals surface area contributed by atoms with Gasteiger partial charge in [-0.2, -0.15) is 4.31 Å². The van der Waals surface area contributed by atoms with Crippen molar-refractivity contribution in [2.45, 2.75) is 24.0 Å². The van der Waals surface area contributed by atoms with E-state index in [4.69, 9.17) is 4.74 Å². The van der Waals surface area contributed by atoms with Crippen LogP contribution in [0.3, 0.4) is 0 Å². The summed E-state index contributed by atoms with van der Waals surface area (Å²) in [7, 11) is -3.30. The van der Waals surface area contributed by atoms with Gasteiger partial charge in [-0.3, -0.25) is 0 Å². The van der Waals surface area contributed by atoms with Crippen LogP contribution in [0.4, 0.5) is 0 Å². The van der Waals surface area contributed by atoms with Crippen LogP contribution in [0.1, 0.15) is 18.4 Å². The molecule has 0 atom stereocenters. The lowest BCUT2D eigenvalue weighted by Crippen LogP contribution is -2.39. The van der Waals surface area contributed by atoms with E-state index in [1.54, 1.807) is 21.8 Å². The molecule has 1 aliphatic heterocycles. The van der Waals surface area contributed by atoms with E-state index >= 15 is 0 Å². The van der Waals surface area contributed by atoms with Gasteiger partial charge in [-0.1, -0.05) is 24.3 Å². The zero-order valence-corrected chi connectivity index (χ0v) is 14.8. The summed E-state index contributed by atoms with van der Waals surface area (Å²) in [6.07, 6.45) is 1.69. The second-order valence-electron chi connectivity index (χ2n) is 5.86. The SMILES string of the molecule is Cc1ccccc1OCC1CCN(S(=O)(=O)c2cccs2)CC1. The van der Waals surface area contributed by atoms with Gasteiger partial charge in [-0.25, -0.2) is 8.42 Å². The van der Waals surface area contributed by atoms with Gasteiger partial charge in [0.15, 0.2) is 0 Å². The van der Waals surface area contributed by atoms with Crippen LogP contribution >= 0.6 is 11.3 Å². The maximum Gasteiger partial charge on any atom is 0.252 e. The van der Waals surface area contributed by atoms with Crippen LogP contribution in [0.5, 0.6) is 5.75 Å². The van der Waals surface area contributed by atoms with Gasteiger partial charge < -0.3 is 4.74 Å². The van der Waals surface area contributed by atoms with Crippen molar-refractivity contribution in [2.24, 2.45) is 5.92 Å². The lowest BCUT2D eigenvalue weighted by molar-refractivity contribution is 0.185. The lowest BCUT2D eigenvalue weighted by atomic mass is 9.99. The van der Waals surface area contributed by atoms with Crippen molar-refractivity contribution in [3.05, 3.63) is 47.3 Å². The summed E-state index contributed by atoms with van der Waals surface area (Å²) >= 11 is 1.28. The maximum atomic E-state index is 12.5. The zero-order chi connectivity index (χ0) is 16.3. The van der Waals surface area contributed by atoms with E-state index < -0.39 is 10.0 Å². The predicted octanol–water partition coefficient (Wildman–Crippen LogP) is 3.54. The zero-order valence-electron chi connectivity index (χ0n) is 13.1. The average Bonchev–Trinajstić information content (AvgIpc) is 3.10. The molecule has 4 nitrogen and oxygen atoms in total. The fourth-order valence-corrected chi connectivity index (χ4v) is 5.39. The predicted molar refractivity (Wildman–Crippen MR) is 92.5 cm³/mol. The van der Waals surface area contributed by atoms with E-state index in [1.165, 1.54) is 11.3 Å². The fraction of sp³-hybridized carbons (Fsp3) is 0.412. The number of sulfonamides is 1. The van der Waals surface area contributed by atoms with E-state index in [9.17, 15) is 8.42 Å². The normalized spacial score (nSPS) is 17.3. The summed E-state index contributed by atoms with van der Waals surface area (Å²) in [5.41, 5.74) is 1.13. The summed E-state index contributed by atoms with van der Waals surface area (Å²) in [6, 6.07) is 11.4. The molecule has 0 aliphatic carbocycles. The molecule has 0 spiro atoms. The van der Waals surface area contributed by atoms with Crippen LogP contribution in [0, 0.1) is 12.8 Å². The van der Waals surface area contributed by atoms with Crippen LogP contribution in [0.25, 0.3) is 0 Å². The Morgan fingerprint density at radius 3 is 2.57 bits per heavy atom. The number of rotatable bonds is 5. The molecule has 2 aromatic rings. The van der Waals surface area contributed by atoms with Crippen molar-refractivity contribution >= 4 is 21.4 Å². The van der Waals surface area contributed by atoms with Crippen LogP contribution in [0.2, 0.25) is 0 Å². The molecule has 124 valence electrons. The summed E-state index contributed by atoms with van der Waals surface area (Å²) < 4.78 is 32.9. The first-order valence-corrected chi connectivity index (χ1v) is 10.1. The number of nitrogens with zero attached hydrogens (tertiary/aromatic N) is 1. The van der Waals surface area contributed by atoms with Crippen LogP contribution < -0.4 is 4.74 Å². The van der Waals surface area contributed by atoms with Crippen molar-refractivity contribution < 1.29 is 13.2 Å². The molecule has 23 heavy (non-hydrogen) atoms. The number of hydrogen-bond acceptors (Lipinski definition) is 4. The van der Waals surface area contributed by atoms with E-state index in [-0.39, 0.29) is 0 Å². The van der Waals surface area contributed by atoms with Gasteiger partial charge >= 0.3 is 0 Å². The van der Waals surface area contributed by atoms with Gasteiger partial charge in [0, 0.05) is 13.1 Å². The standard InChI is InChI=1S/C17H21NO3S2/c1-14-5-2-3-6-16(14)21-13-15-8-10-18(11-9-15)23(19,20)17-7-4-12-22-17/h2-7,12,15H,8-11,13H2,1H3. The topological polar surface area (TPSA) is 46.6 Å². The summed E-state index contributed by atoms with van der Waals surface area (Å²) in [5, 5.41) is 1.80. The average molecular weight is 351 g/mol. The number of thiophene rings is 1. The Kier molecular flexibility index (Phi) is 5.04. The fourth-order valence-electron chi connectivity index (χ4n) is 2.78. The minimum absolute atomic E-state index is 0.407. The van der Waals surface area contributed by atoms with Crippen molar-refractivity contribution in [1.29, 1.82) is 0 Å². The Balaban J connectivity index is 1.54. The third kappa shape index (κ3) is 3.76. The minimum Gasteiger partial charge on any atom is -0.493 e. The highest BCUT2D eigenvalue weighted by Gasteiger charge is 2.30. The summed E-state index contributed by atoms with van der Waals surface area (Å²) in [6.45, 7) is 3.83. The Morgan fingerprint density at radius 2 is 1.91 bits per heavy atom. The molecular formula is C17H21NO3S2. The molecule has 1 saturated heterocycles. The molecule has 1 aromatic carbocycles. The first-order valence-electron chi connectivity index (χ1n) is 7.79. The molecular weight excluding hydrogens is 330 g/mol. The smallest absolute Gasteiger partial charge is 0.252 e. The molecule has 1 aliphatic rings. The molecule has 0 N–H and O–H groups in total. The van der Waals surface area contributed by atoms with Crippen LogP contribution in [-0.4, -0.2) is 32.4 Å². The highest BCUT2D eigenvalue weighted by molar-refractivity contribution is 7.91. The van der Waals surface area contributed by atoms with Gasteiger partial charge in [0.2, 0.25) is 0 Å². The molecule has 6 heteroatoms. The molecule has 0 unspecified atom stereocenters. The molecule has 1 aromatic heterocycles. The van der Waals surface area contributed by atoms with Gasteiger partial charge in [0.1, 0.15) is 9.96 Å². The monoisotopic (exact) mass is 351 g/mol. The quantitative estimate of drug-likeness (QED) is 0.828. The summed E-state index contributed by atoms with van der Waals surface area (Å²) in [5.74, 6) is 1.32. The lowest BCUT2D eigenvalue weighted by Gasteiger charge is -2.30. The van der Waals surface area contributed by atoms with Crippen LogP contribution in [-0.2, 0) is 10.0 Å². The van der Waals surface area contributed by atoms with Crippen molar-refractivity contribution in [3.8, 4) is 5.75 Å². The second kappa shape index (κ2) is 7.03. The Bertz CT molecular complexity index is 733. The van der Waals surface area contributed by atoms with Crippen LogP contribution in [0.15, 0.2) is 46.0 Å². The number of aryl methyl sites for hydroxylation is 1. The Labute approximate surface area is 141 Å². The van der Waals surface area contributed by atoms with E-state index in [2.05, 4.69) is 0 Å². The molecule has 2 heterocycles. The largest absolute Gasteiger partial charge is 0.493 e. The van der Waals surface area contributed by atoms with Gasteiger partial charge in [-0.15, -0.1) is 11.3 Å². The summed E-state index contributed by atoms with van der Waals surface area (Å²) in [4.78, 5) is 0. The molecule has 1 fully saturated rings. The van der Waals surface area contributed by atoms with Gasteiger partial charge in [-0.05, 0) is 48.8 Å². The number of hydrogen-bond donors (Lipinski definition) is 0. The Hall–Kier alpha value is -1.37. The number of para-hydroxylation sites is 1. The highest BCUT2D eigenvalue weighted by Crippen LogP contribution is 2.27. The Morgan fingerprint density at radius 1 is 1.17 bits per heavy atom. The first kappa shape index (κ1) is 16.5. The maximum absolute atomic E-state index is 12.5. The molecule has 0 bridgehead atoms. The van der Waals surface area contributed by atoms with E-state index in [0.29, 0.717) is 29.8 Å². The molecule has 0 radical (unpaired) electrons. The minimum atomic E-state index is -3.30. The van der Waals surface area contributed by atoms with Crippen molar-refractivity contribution in [2.75, 3.05) is 19.7 Å². The van der Waals surface area contributed by atoms with Gasteiger partial charge in [0.05, 0.1) is 6.61 Å². The van der Waals surface area contributed by atoms with E-state index in [0.717, 1.165) is 24.2 Å². The van der Waals surface area contributed by atoms with E-state index in [1.807, 2.05) is 31.2 Å². The van der Waals surface area contributed by atoms with Crippen molar-refractivity contribution in [1.82, 2.24) is 4.31 Å². The molecule has 3 rings (SSSR count). The first-order chi connectivity index (χ1) is 11.1. The van der Waals surface area contributed by atoms with Crippen molar-refractivity contribution in [3.63, 3.8) is 0 Å². The third-order valence-corrected chi connectivity index (χ3v) is 7.50.